The molecule has 0 unspecified atom stereocenters. The number of benzene rings is 1. The van der Waals surface area contributed by atoms with Crippen LogP contribution in [0.2, 0.25) is 0 Å². The molecule has 3 rings (SSSR count). The van der Waals surface area contributed by atoms with Crippen molar-refractivity contribution in [2.24, 2.45) is 0 Å². The molecule has 0 aliphatic heterocycles. The second kappa shape index (κ2) is 5.28. The molecule has 0 fully saturated rings. The predicted octanol–water partition coefficient (Wildman–Crippen LogP) is 1.87. The standard InChI is InChI=1S/C15H11N3O4/c19-14(20)10-5-6-11(15(21)22)13(7-10)18-8-12(16-17-18)9-3-1-2-4-9/h1-9H,(H,19,20)(H,21,22). The number of carboxylic acid groups (broad SMARTS) is 2. The van der Waals surface area contributed by atoms with Crippen molar-refractivity contribution in [3.8, 4) is 5.69 Å². The van der Waals surface area contributed by atoms with Crippen molar-refractivity contribution >= 4 is 11.9 Å². The van der Waals surface area contributed by atoms with Gasteiger partial charge in [-0.25, -0.2) is 14.3 Å². The lowest BCUT2D eigenvalue weighted by Gasteiger charge is -2.06. The molecule has 0 amide bonds. The van der Waals surface area contributed by atoms with E-state index in [0.717, 1.165) is 0 Å². The Morgan fingerprint density at radius 2 is 1.82 bits per heavy atom. The zero-order valence-electron chi connectivity index (χ0n) is 11.2. The predicted molar refractivity (Wildman–Crippen MR) is 76.3 cm³/mol. The highest BCUT2D eigenvalue weighted by atomic mass is 16.4. The van der Waals surface area contributed by atoms with Gasteiger partial charge in [0.2, 0.25) is 0 Å². The molecule has 1 aliphatic rings. The first-order valence-electron chi connectivity index (χ1n) is 6.44. The first kappa shape index (κ1) is 13.7. The summed E-state index contributed by atoms with van der Waals surface area (Å²) < 4.78 is 1.28. The highest BCUT2D eigenvalue weighted by Gasteiger charge is 2.18. The Hall–Kier alpha value is -3.22. The number of hydrogen-bond donors (Lipinski definition) is 2. The van der Waals surface area contributed by atoms with Crippen LogP contribution in [0.1, 0.15) is 32.3 Å². The summed E-state index contributed by atoms with van der Waals surface area (Å²) in [6.07, 6.45) is 9.23. The van der Waals surface area contributed by atoms with Gasteiger partial charge in [0.25, 0.3) is 0 Å². The fraction of sp³-hybridized carbons (Fsp3) is 0.0667. The molecule has 2 aromatic rings. The highest BCUT2D eigenvalue weighted by Crippen LogP contribution is 2.23. The number of carbonyl (C=O) groups is 2. The molecule has 7 nitrogen and oxygen atoms in total. The molecule has 22 heavy (non-hydrogen) atoms. The number of carboxylic acids is 2. The van der Waals surface area contributed by atoms with Crippen molar-refractivity contribution in [1.29, 1.82) is 0 Å². The van der Waals surface area contributed by atoms with Crippen molar-refractivity contribution in [3.05, 3.63) is 65.5 Å². The minimum absolute atomic E-state index is 0.00955. The minimum atomic E-state index is -1.16. The maximum absolute atomic E-state index is 11.3. The Labute approximate surface area is 124 Å². The van der Waals surface area contributed by atoms with Crippen LogP contribution in [0.15, 0.2) is 48.7 Å². The van der Waals surface area contributed by atoms with E-state index in [4.69, 9.17) is 5.11 Å². The Morgan fingerprint density at radius 1 is 1.09 bits per heavy atom. The van der Waals surface area contributed by atoms with E-state index in [1.807, 2.05) is 24.3 Å². The van der Waals surface area contributed by atoms with Crippen molar-refractivity contribution in [2.75, 3.05) is 0 Å². The molecule has 0 radical (unpaired) electrons. The molecule has 110 valence electrons. The van der Waals surface area contributed by atoms with Crippen LogP contribution in [0.5, 0.6) is 0 Å². The zero-order chi connectivity index (χ0) is 15.7. The Balaban J connectivity index is 2.07. The molecular formula is C15H11N3O4. The van der Waals surface area contributed by atoms with Crippen molar-refractivity contribution in [2.45, 2.75) is 5.92 Å². The normalized spacial score (nSPS) is 13.6. The van der Waals surface area contributed by atoms with Gasteiger partial charge in [-0.1, -0.05) is 29.5 Å². The lowest BCUT2D eigenvalue weighted by atomic mass is 10.1. The summed E-state index contributed by atoms with van der Waals surface area (Å²) in [6, 6.07) is 3.76. The van der Waals surface area contributed by atoms with Crippen LogP contribution in [-0.2, 0) is 0 Å². The van der Waals surface area contributed by atoms with E-state index in [2.05, 4.69) is 10.3 Å². The Bertz CT molecular complexity index is 808. The summed E-state index contributed by atoms with van der Waals surface area (Å²) >= 11 is 0. The summed E-state index contributed by atoms with van der Waals surface area (Å²) in [5.41, 5.74) is 0.760. The van der Waals surface area contributed by atoms with E-state index >= 15 is 0 Å². The van der Waals surface area contributed by atoms with Gasteiger partial charge < -0.3 is 10.2 Å². The Kier molecular flexibility index (Phi) is 3.30. The van der Waals surface area contributed by atoms with Gasteiger partial charge in [0.05, 0.1) is 28.7 Å². The third-order valence-corrected chi connectivity index (χ3v) is 3.32. The zero-order valence-corrected chi connectivity index (χ0v) is 11.2. The number of aromatic carboxylic acids is 2. The third-order valence-electron chi connectivity index (χ3n) is 3.32. The van der Waals surface area contributed by atoms with E-state index in [9.17, 15) is 14.7 Å². The lowest BCUT2D eigenvalue weighted by Crippen LogP contribution is -2.08. The molecule has 0 saturated heterocycles. The van der Waals surface area contributed by atoms with Gasteiger partial charge in [0.15, 0.2) is 0 Å². The molecule has 0 bridgehead atoms. The fourth-order valence-electron chi connectivity index (χ4n) is 2.21. The highest BCUT2D eigenvalue weighted by molar-refractivity contribution is 5.95. The summed E-state index contributed by atoms with van der Waals surface area (Å²) in [5, 5.41) is 26.2. The monoisotopic (exact) mass is 297 g/mol. The van der Waals surface area contributed by atoms with Crippen molar-refractivity contribution in [1.82, 2.24) is 15.0 Å². The van der Waals surface area contributed by atoms with E-state index in [0.29, 0.717) is 5.69 Å². The summed E-state index contributed by atoms with van der Waals surface area (Å²) in [6.45, 7) is 0. The van der Waals surface area contributed by atoms with Crippen LogP contribution in [0.3, 0.4) is 0 Å². The van der Waals surface area contributed by atoms with Crippen LogP contribution in [0, 0.1) is 0 Å². The average molecular weight is 297 g/mol. The molecule has 0 saturated carbocycles. The first-order valence-corrected chi connectivity index (χ1v) is 6.44. The maximum Gasteiger partial charge on any atom is 0.337 e. The van der Waals surface area contributed by atoms with Crippen LogP contribution < -0.4 is 0 Å². The molecule has 1 heterocycles. The topological polar surface area (TPSA) is 105 Å². The van der Waals surface area contributed by atoms with E-state index in [1.54, 1.807) is 6.20 Å². The summed E-state index contributed by atoms with van der Waals surface area (Å²) in [4.78, 5) is 22.4. The van der Waals surface area contributed by atoms with Gasteiger partial charge in [0, 0.05) is 5.92 Å². The number of aromatic nitrogens is 3. The van der Waals surface area contributed by atoms with E-state index < -0.39 is 11.9 Å². The second-order valence-corrected chi connectivity index (χ2v) is 4.73. The van der Waals surface area contributed by atoms with E-state index in [-0.39, 0.29) is 22.7 Å². The molecule has 1 aromatic heterocycles. The molecule has 0 atom stereocenters. The Morgan fingerprint density at radius 3 is 2.45 bits per heavy atom. The number of allylic oxidation sites excluding steroid dienone is 4. The SMILES string of the molecule is O=C(O)c1ccc(C(=O)O)c(-n2cc(C3C=CC=C3)nn2)c1. The van der Waals surface area contributed by atoms with E-state index in [1.165, 1.54) is 22.9 Å². The summed E-state index contributed by atoms with van der Waals surface area (Å²) in [5.74, 6) is -2.31. The number of rotatable bonds is 4. The largest absolute Gasteiger partial charge is 0.478 e. The maximum atomic E-state index is 11.3. The van der Waals surface area contributed by atoms with Crippen LogP contribution in [0.4, 0.5) is 0 Å². The van der Waals surface area contributed by atoms with Gasteiger partial charge in [-0.05, 0) is 18.2 Å². The first-order chi connectivity index (χ1) is 10.6. The molecule has 1 aromatic carbocycles. The molecule has 0 spiro atoms. The summed E-state index contributed by atoms with van der Waals surface area (Å²) in [7, 11) is 0. The third kappa shape index (κ3) is 2.39. The molecular weight excluding hydrogens is 286 g/mol. The quantitative estimate of drug-likeness (QED) is 0.892. The van der Waals surface area contributed by atoms with Gasteiger partial charge in [0.1, 0.15) is 0 Å². The van der Waals surface area contributed by atoms with Crippen LogP contribution in [0.25, 0.3) is 5.69 Å². The number of hydrogen-bond acceptors (Lipinski definition) is 4. The van der Waals surface area contributed by atoms with Gasteiger partial charge in [-0.15, -0.1) is 5.10 Å². The number of nitrogens with zero attached hydrogens (tertiary/aromatic N) is 3. The van der Waals surface area contributed by atoms with Crippen molar-refractivity contribution < 1.29 is 19.8 Å². The minimum Gasteiger partial charge on any atom is -0.478 e. The van der Waals surface area contributed by atoms with Gasteiger partial charge in [-0.3, -0.25) is 0 Å². The van der Waals surface area contributed by atoms with Crippen LogP contribution in [-0.4, -0.2) is 37.1 Å². The van der Waals surface area contributed by atoms with Crippen molar-refractivity contribution in [3.63, 3.8) is 0 Å². The molecule has 1 aliphatic carbocycles. The molecule has 7 heteroatoms. The smallest absolute Gasteiger partial charge is 0.337 e. The van der Waals surface area contributed by atoms with Gasteiger partial charge in [-0.2, -0.15) is 0 Å². The second-order valence-electron chi connectivity index (χ2n) is 4.73. The molecule has 2 N–H and O–H groups in total. The van der Waals surface area contributed by atoms with Gasteiger partial charge >= 0.3 is 11.9 Å². The average Bonchev–Trinajstić information content (AvgIpc) is 3.17. The van der Waals surface area contributed by atoms with Crippen LogP contribution >= 0.6 is 0 Å². The lowest BCUT2D eigenvalue weighted by molar-refractivity contribution is 0.0681. The fourth-order valence-corrected chi connectivity index (χ4v) is 2.21.